The lowest BCUT2D eigenvalue weighted by Gasteiger charge is -2.08. The van der Waals surface area contributed by atoms with Crippen molar-refractivity contribution in [3.05, 3.63) is 29.8 Å². The van der Waals surface area contributed by atoms with Crippen LogP contribution in [0, 0.1) is 11.3 Å². The van der Waals surface area contributed by atoms with E-state index in [4.69, 9.17) is 5.26 Å². The average Bonchev–Trinajstić information content (AvgIpc) is 2.41. The number of nitriles is 1. The molecule has 1 aromatic carbocycles. The molecule has 0 aliphatic carbocycles. The van der Waals surface area contributed by atoms with Crippen LogP contribution in [0.15, 0.2) is 24.3 Å². The number of fused-ring (bicyclic) bond motifs is 1. The Kier molecular flexibility index (Phi) is 1.56. The number of carbonyl (C=O) groups is 1. The molecule has 0 saturated heterocycles. The quantitative estimate of drug-likeness (QED) is 0.591. The van der Waals surface area contributed by atoms with Crippen LogP contribution in [0.4, 0.5) is 5.69 Å². The third-order valence-electron chi connectivity index (χ3n) is 2.32. The Balaban J connectivity index is 2.61. The van der Waals surface area contributed by atoms with Crippen LogP contribution in [0.1, 0.15) is 11.5 Å². The number of para-hydroxylation sites is 1. The van der Waals surface area contributed by atoms with Gasteiger partial charge in [0.2, 0.25) is 5.91 Å². The van der Waals surface area contributed by atoms with Gasteiger partial charge in [-0.1, -0.05) is 18.2 Å². The molecule has 0 bridgehead atoms. The number of carbonyl (C=O) groups excluding carboxylic acids is 1. The molecule has 3 heteroatoms. The molecule has 1 aliphatic heterocycles. The fourth-order valence-corrected chi connectivity index (χ4v) is 1.61. The zero-order valence-corrected chi connectivity index (χ0v) is 7.19. The van der Waals surface area contributed by atoms with Crippen molar-refractivity contribution in [1.82, 2.24) is 0 Å². The highest BCUT2D eigenvalue weighted by molar-refractivity contribution is 6.06. The summed E-state index contributed by atoms with van der Waals surface area (Å²) in [6.07, 6.45) is 0. The predicted molar refractivity (Wildman–Crippen MR) is 48.2 cm³/mol. The number of rotatable bonds is 0. The number of hydrogen-bond donors (Lipinski definition) is 0. The molecule has 13 heavy (non-hydrogen) atoms. The molecule has 1 aromatic rings. The highest BCUT2D eigenvalue weighted by atomic mass is 16.2. The maximum Gasteiger partial charge on any atom is 0.248 e. The highest BCUT2D eigenvalue weighted by Gasteiger charge is 2.34. The largest absolute Gasteiger partial charge is 0.314 e. The van der Waals surface area contributed by atoms with Gasteiger partial charge < -0.3 is 4.90 Å². The van der Waals surface area contributed by atoms with Crippen molar-refractivity contribution in [1.29, 1.82) is 5.26 Å². The summed E-state index contributed by atoms with van der Waals surface area (Å²) in [5.74, 6) is -0.745. The Morgan fingerprint density at radius 2 is 2.15 bits per heavy atom. The summed E-state index contributed by atoms with van der Waals surface area (Å²) >= 11 is 0. The topological polar surface area (TPSA) is 44.1 Å². The molecule has 1 amide bonds. The fourth-order valence-electron chi connectivity index (χ4n) is 1.61. The molecule has 0 aromatic heterocycles. The van der Waals surface area contributed by atoms with Crippen LogP contribution < -0.4 is 4.90 Å². The SMILES string of the molecule is CN1C(=O)C(C#N)c2ccccc21. The number of benzene rings is 1. The lowest BCUT2D eigenvalue weighted by atomic mass is 10.0. The molecule has 1 unspecified atom stereocenters. The van der Waals surface area contributed by atoms with E-state index < -0.39 is 5.92 Å². The van der Waals surface area contributed by atoms with Crippen LogP contribution in [0.3, 0.4) is 0 Å². The highest BCUT2D eigenvalue weighted by Crippen LogP contribution is 2.35. The maximum absolute atomic E-state index is 11.5. The summed E-state index contributed by atoms with van der Waals surface area (Å²) in [4.78, 5) is 13.0. The summed E-state index contributed by atoms with van der Waals surface area (Å²) in [5, 5.41) is 8.80. The maximum atomic E-state index is 11.5. The van der Waals surface area contributed by atoms with Crippen LogP contribution in [0.25, 0.3) is 0 Å². The first-order valence-electron chi connectivity index (χ1n) is 4.02. The summed E-state index contributed by atoms with van der Waals surface area (Å²) < 4.78 is 0. The van der Waals surface area contributed by atoms with Crippen LogP contribution in [-0.2, 0) is 4.79 Å². The number of likely N-dealkylation sites (N-methyl/N-ethyl adjacent to an activating group) is 1. The Labute approximate surface area is 76.2 Å². The van der Waals surface area contributed by atoms with Gasteiger partial charge in [0.15, 0.2) is 5.92 Å². The van der Waals surface area contributed by atoms with Gasteiger partial charge >= 0.3 is 0 Å². The van der Waals surface area contributed by atoms with E-state index in [2.05, 4.69) is 0 Å². The van der Waals surface area contributed by atoms with E-state index in [0.717, 1.165) is 11.3 Å². The van der Waals surface area contributed by atoms with E-state index in [9.17, 15) is 4.79 Å². The molecule has 0 saturated carbocycles. The van der Waals surface area contributed by atoms with E-state index in [0.29, 0.717) is 0 Å². The van der Waals surface area contributed by atoms with Crippen molar-refractivity contribution < 1.29 is 4.79 Å². The molecule has 0 N–H and O–H groups in total. The van der Waals surface area contributed by atoms with Crippen molar-refractivity contribution in [2.75, 3.05) is 11.9 Å². The van der Waals surface area contributed by atoms with Gasteiger partial charge in [-0.25, -0.2) is 0 Å². The normalized spacial score (nSPS) is 19.8. The molecule has 1 heterocycles. The van der Waals surface area contributed by atoms with Gasteiger partial charge in [0.1, 0.15) is 0 Å². The number of amides is 1. The van der Waals surface area contributed by atoms with E-state index >= 15 is 0 Å². The molecule has 0 radical (unpaired) electrons. The molecule has 1 aliphatic rings. The first-order chi connectivity index (χ1) is 6.25. The zero-order chi connectivity index (χ0) is 9.42. The van der Waals surface area contributed by atoms with Crippen LogP contribution >= 0.6 is 0 Å². The minimum Gasteiger partial charge on any atom is -0.314 e. The Morgan fingerprint density at radius 1 is 1.46 bits per heavy atom. The molecular weight excluding hydrogens is 164 g/mol. The summed E-state index contributed by atoms with van der Waals surface area (Å²) in [6.45, 7) is 0. The molecule has 1 atom stereocenters. The molecule has 0 fully saturated rings. The van der Waals surface area contributed by atoms with Crippen molar-refractivity contribution >= 4 is 11.6 Å². The van der Waals surface area contributed by atoms with Gasteiger partial charge in [-0.05, 0) is 6.07 Å². The van der Waals surface area contributed by atoms with Gasteiger partial charge in [-0.3, -0.25) is 4.79 Å². The fraction of sp³-hybridized carbons (Fsp3) is 0.200. The van der Waals surface area contributed by atoms with Gasteiger partial charge in [-0.2, -0.15) is 5.26 Å². The van der Waals surface area contributed by atoms with Crippen molar-refractivity contribution in [3.8, 4) is 6.07 Å². The van der Waals surface area contributed by atoms with E-state index in [1.807, 2.05) is 30.3 Å². The molecule has 64 valence electrons. The summed E-state index contributed by atoms with van der Waals surface area (Å²) in [6, 6.07) is 9.39. The first kappa shape index (κ1) is 7.81. The number of hydrogen-bond acceptors (Lipinski definition) is 2. The standard InChI is InChI=1S/C10H8N2O/c1-12-9-5-3-2-4-7(9)8(6-11)10(12)13/h2-5,8H,1H3. The Morgan fingerprint density at radius 3 is 2.85 bits per heavy atom. The van der Waals surface area contributed by atoms with Gasteiger partial charge in [0.05, 0.1) is 6.07 Å². The van der Waals surface area contributed by atoms with E-state index in [-0.39, 0.29) is 5.91 Å². The Bertz CT molecular complexity index is 406. The Hall–Kier alpha value is -1.82. The predicted octanol–water partition coefficient (Wildman–Crippen LogP) is 1.27. The molecule has 2 rings (SSSR count). The minimum atomic E-state index is -0.610. The smallest absolute Gasteiger partial charge is 0.248 e. The van der Waals surface area contributed by atoms with Crippen LogP contribution in [0.5, 0.6) is 0 Å². The minimum absolute atomic E-state index is 0.135. The molecule has 3 nitrogen and oxygen atoms in total. The monoisotopic (exact) mass is 172 g/mol. The first-order valence-corrected chi connectivity index (χ1v) is 4.02. The van der Waals surface area contributed by atoms with Crippen molar-refractivity contribution in [3.63, 3.8) is 0 Å². The van der Waals surface area contributed by atoms with Gasteiger partial charge in [0, 0.05) is 18.3 Å². The zero-order valence-electron chi connectivity index (χ0n) is 7.19. The summed E-state index contributed by atoms with van der Waals surface area (Å²) in [7, 11) is 1.69. The second kappa shape index (κ2) is 2.60. The second-order valence-corrected chi connectivity index (χ2v) is 3.02. The van der Waals surface area contributed by atoms with Gasteiger partial charge in [-0.15, -0.1) is 0 Å². The van der Waals surface area contributed by atoms with Crippen LogP contribution in [0.2, 0.25) is 0 Å². The number of anilines is 1. The third kappa shape index (κ3) is 0.922. The lowest BCUT2D eigenvalue weighted by Crippen LogP contribution is -2.23. The van der Waals surface area contributed by atoms with E-state index in [1.165, 1.54) is 4.90 Å². The van der Waals surface area contributed by atoms with Crippen molar-refractivity contribution in [2.45, 2.75) is 5.92 Å². The van der Waals surface area contributed by atoms with Gasteiger partial charge in [0.25, 0.3) is 0 Å². The van der Waals surface area contributed by atoms with Crippen molar-refractivity contribution in [2.24, 2.45) is 0 Å². The third-order valence-corrected chi connectivity index (χ3v) is 2.32. The number of nitrogens with zero attached hydrogens (tertiary/aromatic N) is 2. The molecular formula is C10H8N2O. The summed E-state index contributed by atoms with van der Waals surface area (Å²) in [5.41, 5.74) is 1.66. The average molecular weight is 172 g/mol. The second-order valence-electron chi connectivity index (χ2n) is 3.02. The van der Waals surface area contributed by atoms with E-state index in [1.54, 1.807) is 7.05 Å². The molecule has 0 spiro atoms. The van der Waals surface area contributed by atoms with Crippen LogP contribution in [-0.4, -0.2) is 13.0 Å². The lowest BCUT2D eigenvalue weighted by molar-refractivity contribution is -0.117.